The van der Waals surface area contributed by atoms with Crippen molar-refractivity contribution in [3.63, 3.8) is 0 Å². The lowest BCUT2D eigenvalue weighted by molar-refractivity contribution is -0.129. The Balaban J connectivity index is 1.42. The first-order chi connectivity index (χ1) is 16.7. The van der Waals surface area contributed by atoms with Crippen LogP contribution in [0.5, 0.6) is 0 Å². The van der Waals surface area contributed by atoms with E-state index in [0.717, 1.165) is 13.7 Å². The maximum Gasteiger partial charge on any atom is 0.262 e. The highest BCUT2D eigenvalue weighted by atomic mass is 32.2. The summed E-state index contributed by atoms with van der Waals surface area (Å²) in [6.45, 7) is 3.42. The maximum atomic E-state index is 13.1. The van der Waals surface area contributed by atoms with Crippen molar-refractivity contribution in [1.82, 2.24) is 19.9 Å². The number of aromatic nitrogens is 1. The minimum Gasteiger partial charge on any atom is -0.344 e. The molecule has 0 aliphatic carbocycles. The van der Waals surface area contributed by atoms with E-state index >= 15 is 0 Å². The minimum atomic E-state index is -3.92. The van der Waals surface area contributed by atoms with Gasteiger partial charge in [-0.15, -0.1) is 22.7 Å². The number of Topliss-reactive ketones (excluding diaryl/α,β-unsaturated/α-hetero) is 1. The topological polar surface area (TPSA) is 126 Å². The predicted octanol–water partition coefficient (Wildman–Crippen LogP) is 2.65. The van der Waals surface area contributed by atoms with Gasteiger partial charge in [0.25, 0.3) is 15.9 Å². The van der Waals surface area contributed by atoms with Crippen LogP contribution in [0.1, 0.15) is 36.4 Å². The number of carbonyl (C=O) groups excluding carboxylic acids is 3. The van der Waals surface area contributed by atoms with Gasteiger partial charge in [0.05, 0.1) is 17.5 Å². The molecule has 3 aromatic rings. The Hall–Kier alpha value is -2.67. The predicted molar refractivity (Wildman–Crippen MR) is 135 cm³/mol. The van der Waals surface area contributed by atoms with E-state index in [2.05, 4.69) is 15.6 Å². The highest BCUT2D eigenvalue weighted by molar-refractivity contribution is 7.89. The molecule has 12 heteroatoms. The largest absolute Gasteiger partial charge is 0.344 e. The Bertz CT molecular complexity index is 1300. The summed E-state index contributed by atoms with van der Waals surface area (Å²) >= 11 is 2.91. The van der Waals surface area contributed by atoms with Gasteiger partial charge in [-0.3, -0.25) is 14.4 Å². The van der Waals surface area contributed by atoms with Crippen LogP contribution < -0.4 is 10.6 Å². The number of fused-ring (bicyclic) bond motifs is 1. The Morgan fingerprint density at radius 1 is 1.20 bits per heavy atom. The summed E-state index contributed by atoms with van der Waals surface area (Å²) in [6, 6.07) is 6.65. The van der Waals surface area contributed by atoms with E-state index < -0.39 is 33.8 Å². The van der Waals surface area contributed by atoms with Crippen molar-refractivity contribution in [1.29, 1.82) is 0 Å². The maximum absolute atomic E-state index is 13.1. The van der Waals surface area contributed by atoms with Crippen molar-refractivity contribution in [2.24, 2.45) is 5.92 Å². The quantitative estimate of drug-likeness (QED) is 0.480. The number of nitrogens with zero attached hydrogens (tertiary/aromatic N) is 2. The van der Waals surface area contributed by atoms with Gasteiger partial charge < -0.3 is 10.6 Å². The Kier molecular flexibility index (Phi) is 7.64. The number of hydrogen-bond acceptors (Lipinski definition) is 8. The van der Waals surface area contributed by atoms with E-state index in [1.54, 1.807) is 29.5 Å². The molecule has 4 rings (SSSR count). The zero-order valence-corrected chi connectivity index (χ0v) is 21.7. The van der Waals surface area contributed by atoms with Gasteiger partial charge in [0.2, 0.25) is 5.91 Å². The molecule has 0 spiro atoms. The third-order valence-corrected chi connectivity index (χ3v) is 9.63. The number of nitrogens with one attached hydrogen (secondary N) is 2. The van der Waals surface area contributed by atoms with E-state index in [1.807, 2.05) is 25.3 Å². The molecule has 2 N–H and O–H groups in total. The number of ketones is 1. The molecule has 0 aromatic carbocycles. The lowest BCUT2D eigenvalue weighted by Gasteiger charge is -2.24. The molecule has 0 bridgehead atoms. The van der Waals surface area contributed by atoms with Crippen LogP contribution in [0.25, 0.3) is 9.40 Å². The van der Waals surface area contributed by atoms with E-state index in [9.17, 15) is 22.8 Å². The monoisotopic (exact) mass is 534 g/mol. The van der Waals surface area contributed by atoms with Gasteiger partial charge in [-0.2, -0.15) is 4.31 Å². The van der Waals surface area contributed by atoms with Gasteiger partial charge >= 0.3 is 0 Å². The van der Waals surface area contributed by atoms with Gasteiger partial charge in [-0.1, -0.05) is 19.9 Å². The fourth-order valence-corrected chi connectivity index (χ4v) is 7.26. The lowest BCUT2D eigenvalue weighted by atomic mass is 10.0. The smallest absolute Gasteiger partial charge is 0.262 e. The van der Waals surface area contributed by atoms with E-state index in [0.29, 0.717) is 17.7 Å². The van der Waals surface area contributed by atoms with Crippen LogP contribution in [-0.2, 0) is 19.6 Å². The standard InChI is InChI=1S/C23H26N4O5S3/c1-14(2)21(26-22(29)19-12-18-17(34-19)8-11-33-18)23(30)25-15-6-5-10-27(13-16(15)28)35(31,32)20-7-3-4-9-24-20/h3-4,7-9,11-12,14-15,21H,5-6,10,13H2,1-2H3,(H,25,30)(H,26,29). The summed E-state index contributed by atoms with van der Waals surface area (Å²) in [5.41, 5.74) is 0. The second-order valence-electron chi connectivity index (χ2n) is 8.63. The fraction of sp³-hybridized carbons (Fsp3) is 0.391. The summed E-state index contributed by atoms with van der Waals surface area (Å²) in [6.07, 6.45) is 2.08. The third kappa shape index (κ3) is 5.61. The molecule has 1 saturated heterocycles. The van der Waals surface area contributed by atoms with Crippen LogP contribution in [-0.4, -0.2) is 60.5 Å². The number of carbonyl (C=O) groups is 3. The van der Waals surface area contributed by atoms with Crippen molar-refractivity contribution in [2.45, 2.75) is 43.8 Å². The van der Waals surface area contributed by atoms with Crippen LogP contribution in [0.15, 0.2) is 46.9 Å². The first kappa shape index (κ1) is 25.4. The molecule has 186 valence electrons. The Morgan fingerprint density at radius 3 is 2.69 bits per heavy atom. The van der Waals surface area contributed by atoms with Crippen molar-refractivity contribution < 1.29 is 22.8 Å². The molecule has 9 nitrogen and oxygen atoms in total. The number of rotatable bonds is 7. The SMILES string of the molecule is CC(C)C(NC(=O)c1cc2sccc2s1)C(=O)NC1CCCN(S(=O)(=O)c2ccccn2)CC1=O. The second kappa shape index (κ2) is 10.5. The Morgan fingerprint density at radius 2 is 2.00 bits per heavy atom. The zero-order chi connectivity index (χ0) is 25.2. The number of amides is 2. The molecule has 0 radical (unpaired) electrons. The number of sulfonamides is 1. The third-order valence-electron chi connectivity index (χ3n) is 5.78. The van der Waals surface area contributed by atoms with Crippen LogP contribution in [0.4, 0.5) is 0 Å². The van der Waals surface area contributed by atoms with Gasteiger partial charge in [0.15, 0.2) is 10.8 Å². The van der Waals surface area contributed by atoms with Gasteiger partial charge in [0.1, 0.15) is 6.04 Å². The molecule has 0 saturated carbocycles. The first-order valence-electron chi connectivity index (χ1n) is 11.2. The second-order valence-corrected chi connectivity index (χ2v) is 12.5. The lowest BCUT2D eigenvalue weighted by Crippen LogP contribution is -2.54. The molecule has 2 atom stereocenters. The minimum absolute atomic E-state index is 0.119. The summed E-state index contributed by atoms with van der Waals surface area (Å²) in [5.74, 6) is -1.43. The van der Waals surface area contributed by atoms with Gasteiger partial charge in [0, 0.05) is 22.1 Å². The Labute approximate surface area is 211 Å². The summed E-state index contributed by atoms with van der Waals surface area (Å²) in [5, 5.41) is 7.38. The average Bonchev–Trinajstić information content (AvgIpc) is 3.38. The summed E-state index contributed by atoms with van der Waals surface area (Å²) < 4.78 is 28.9. The van der Waals surface area contributed by atoms with E-state index in [-0.39, 0.29) is 29.9 Å². The van der Waals surface area contributed by atoms with Crippen LogP contribution in [0, 0.1) is 5.92 Å². The zero-order valence-electron chi connectivity index (χ0n) is 19.3. The molecule has 35 heavy (non-hydrogen) atoms. The van der Waals surface area contributed by atoms with E-state index in [1.165, 1.54) is 23.6 Å². The molecular formula is C23H26N4O5S3. The summed E-state index contributed by atoms with van der Waals surface area (Å²) in [7, 11) is -3.92. The highest BCUT2D eigenvalue weighted by Gasteiger charge is 2.35. The molecule has 1 aliphatic heterocycles. The molecule has 2 amide bonds. The average molecular weight is 535 g/mol. The fourth-order valence-electron chi connectivity index (χ4n) is 3.87. The van der Waals surface area contributed by atoms with Crippen molar-refractivity contribution in [3.05, 3.63) is 46.8 Å². The van der Waals surface area contributed by atoms with Crippen molar-refractivity contribution >= 4 is 59.7 Å². The highest BCUT2D eigenvalue weighted by Crippen LogP contribution is 2.30. The molecule has 2 unspecified atom stereocenters. The van der Waals surface area contributed by atoms with E-state index in [4.69, 9.17) is 0 Å². The number of hydrogen-bond donors (Lipinski definition) is 2. The normalized spacial score (nSPS) is 18.4. The van der Waals surface area contributed by atoms with Crippen LogP contribution in [0.3, 0.4) is 0 Å². The molecule has 4 heterocycles. The molecule has 1 aliphatic rings. The molecule has 3 aromatic heterocycles. The molecule has 1 fully saturated rings. The van der Waals surface area contributed by atoms with Gasteiger partial charge in [-0.25, -0.2) is 13.4 Å². The first-order valence-corrected chi connectivity index (χ1v) is 14.3. The van der Waals surface area contributed by atoms with Crippen LogP contribution in [0.2, 0.25) is 0 Å². The number of pyridine rings is 1. The van der Waals surface area contributed by atoms with Crippen LogP contribution >= 0.6 is 22.7 Å². The van der Waals surface area contributed by atoms with Crippen molar-refractivity contribution in [2.75, 3.05) is 13.1 Å². The van der Waals surface area contributed by atoms with Crippen molar-refractivity contribution in [3.8, 4) is 0 Å². The number of thiophene rings is 2. The van der Waals surface area contributed by atoms with Gasteiger partial charge in [-0.05, 0) is 48.4 Å². The summed E-state index contributed by atoms with van der Waals surface area (Å²) in [4.78, 5) is 43.2. The molecular weight excluding hydrogens is 508 g/mol.